The zero-order chi connectivity index (χ0) is 42.7. The second-order valence-electron chi connectivity index (χ2n) is 17.6. The summed E-state index contributed by atoms with van der Waals surface area (Å²) in [4.78, 5) is 21.0. The van der Waals surface area contributed by atoms with Gasteiger partial charge in [0.2, 0.25) is 0 Å². The molecule has 0 radical (unpaired) electrons. The second-order valence-corrected chi connectivity index (χ2v) is 23.5. The third-order valence-electron chi connectivity index (χ3n) is 12.1. The van der Waals surface area contributed by atoms with Gasteiger partial charge in [-0.05, 0) is 0 Å². The van der Waals surface area contributed by atoms with Crippen LogP contribution in [0.25, 0.3) is 0 Å². The van der Waals surface area contributed by atoms with Crippen LogP contribution in [0.4, 0.5) is 51.2 Å². The van der Waals surface area contributed by atoms with Crippen LogP contribution >= 0.6 is 0 Å². The predicted molar refractivity (Wildman–Crippen MR) is 252 cm³/mol. The Morgan fingerprint density at radius 2 is 0.576 bits per heavy atom. The number of anilines is 9. The number of benzene rings is 3. The number of nitrogens with zero attached hydrogens (tertiary/aromatic N) is 9. The SMILES string of the molecule is CC1=C(C)[C]([Ti+3])([Si](c2cc(N(C)C)cc(N(C)C)c2N(C)C)(c2cc(N(C)C)cc(N(C)C)c2N(C)C)c2cc(N(C)C)cc(N(C)C)c2N(C)C)C(C)=C1C.[Cl-].[Cl-].[Cl-]. The molecule has 0 spiro atoms. The van der Waals surface area contributed by atoms with Crippen LogP contribution in [0.1, 0.15) is 27.7 Å². The molecule has 0 fully saturated rings. The summed E-state index contributed by atoms with van der Waals surface area (Å²) in [5.41, 5.74) is 16.7. The number of halogens is 3. The van der Waals surface area contributed by atoms with Crippen molar-refractivity contribution in [2.24, 2.45) is 0 Å². The Kier molecular flexibility index (Phi) is 18.3. The quantitative estimate of drug-likeness (QED) is 0.130. The standard InChI is InChI=1S/C45H72N9Si.3ClH.Ti/c1-29-30(2)32(4)45(31(29)3)55(39-26-33(46(5)6)23-36(49(11)12)42(39)52(17)18,40-27-34(47(7)8)24-37(50(13)14)43(40)53(19)20)41-28-35(48(9)10)25-38(51(15)16)44(41)54(21)22;;;;/h23-28H,1-22H3;3*1H;/q;;;;+3/p-3. The Morgan fingerprint density at radius 3 is 0.746 bits per heavy atom. The van der Waals surface area contributed by atoms with Gasteiger partial charge in [0.25, 0.3) is 0 Å². The zero-order valence-corrected chi connectivity index (χ0v) is 45.0. The van der Waals surface area contributed by atoms with Gasteiger partial charge >= 0.3 is 356 Å². The van der Waals surface area contributed by atoms with Gasteiger partial charge in [-0.15, -0.1) is 0 Å². The molecule has 9 nitrogen and oxygen atoms in total. The minimum atomic E-state index is -3.51. The fourth-order valence-electron chi connectivity index (χ4n) is 8.89. The first-order valence-corrected chi connectivity index (χ1v) is 22.3. The van der Waals surface area contributed by atoms with E-state index in [2.05, 4.69) is 255 Å². The number of hydrogen-bond donors (Lipinski definition) is 0. The zero-order valence-electron chi connectivity index (χ0n) is 40.1. The molecule has 0 atom stereocenters. The van der Waals surface area contributed by atoms with Crippen LogP contribution in [0.5, 0.6) is 0 Å². The van der Waals surface area contributed by atoms with E-state index in [1.54, 1.807) is 0 Å². The summed E-state index contributed by atoms with van der Waals surface area (Å²) >= 11 is 2.61. The molecule has 0 unspecified atom stereocenters. The van der Waals surface area contributed by atoms with Crippen molar-refractivity contribution < 1.29 is 57.7 Å². The summed E-state index contributed by atoms with van der Waals surface area (Å²) in [7, 11) is 36.2. The molecule has 0 aromatic heterocycles. The van der Waals surface area contributed by atoms with Crippen molar-refractivity contribution in [1.82, 2.24) is 0 Å². The van der Waals surface area contributed by atoms with Crippen LogP contribution in [0, 0.1) is 0 Å². The summed E-state index contributed by atoms with van der Waals surface area (Å²) < 4.78 is -0.404. The molecule has 3 aromatic carbocycles. The van der Waals surface area contributed by atoms with Crippen LogP contribution in [-0.4, -0.2) is 135 Å². The molecule has 0 heterocycles. The van der Waals surface area contributed by atoms with Crippen LogP contribution < -0.4 is 96.9 Å². The van der Waals surface area contributed by atoms with Crippen LogP contribution in [0.3, 0.4) is 0 Å². The Labute approximate surface area is 390 Å². The predicted octanol–water partition coefficient (Wildman–Crippen LogP) is -3.31. The van der Waals surface area contributed by atoms with Crippen LogP contribution in [0.2, 0.25) is 3.34 Å². The number of hydrogen-bond acceptors (Lipinski definition) is 9. The normalized spacial score (nSPS) is 13.3. The minimum absolute atomic E-state index is 0. The van der Waals surface area contributed by atoms with E-state index in [0.29, 0.717) is 0 Å². The molecule has 0 saturated carbocycles. The number of allylic oxidation sites excluding steroid dienone is 4. The molecule has 59 heavy (non-hydrogen) atoms. The molecule has 1 aliphatic carbocycles. The maximum atomic E-state index is 2.61. The van der Waals surface area contributed by atoms with E-state index in [1.807, 2.05) is 0 Å². The molecule has 4 rings (SSSR count). The first-order valence-electron chi connectivity index (χ1n) is 19.5. The second kappa shape index (κ2) is 19.9. The molecule has 1 aliphatic rings. The third-order valence-corrected chi connectivity index (χ3v) is 20.5. The topological polar surface area (TPSA) is 29.2 Å². The monoisotopic (exact) mass is 919 g/mol. The summed E-state index contributed by atoms with van der Waals surface area (Å²) in [6, 6.07) is 14.8. The van der Waals surface area contributed by atoms with Crippen molar-refractivity contribution in [3.63, 3.8) is 0 Å². The van der Waals surface area contributed by atoms with E-state index >= 15 is 0 Å². The third kappa shape index (κ3) is 8.92. The van der Waals surface area contributed by atoms with E-state index < -0.39 is 11.4 Å². The maximum Gasteiger partial charge on any atom is -1.00 e. The largest absolute Gasteiger partial charge is 1.00 e. The molecule has 0 bridgehead atoms. The molecule has 3 aromatic rings. The van der Waals surface area contributed by atoms with Crippen LogP contribution in [-0.2, 0) is 20.4 Å². The van der Waals surface area contributed by atoms with Gasteiger partial charge in [-0.3, -0.25) is 0 Å². The van der Waals surface area contributed by atoms with E-state index in [4.69, 9.17) is 0 Å². The average molecular weight is 921 g/mol. The van der Waals surface area contributed by atoms with Gasteiger partial charge in [-0.2, -0.15) is 0 Å². The fourth-order valence-corrected chi connectivity index (χ4v) is 18.2. The fraction of sp³-hybridized carbons (Fsp3) is 0.511. The Morgan fingerprint density at radius 1 is 0.356 bits per heavy atom. The van der Waals surface area contributed by atoms with Gasteiger partial charge in [-0.25, -0.2) is 0 Å². The Balaban J connectivity index is 0.00000580. The molecule has 0 saturated heterocycles. The van der Waals surface area contributed by atoms with E-state index in [1.165, 1.54) is 89.0 Å². The molecule has 326 valence electrons. The van der Waals surface area contributed by atoms with Crippen molar-refractivity contribution in [2.75, 3.05) is 171 Å². The summed E-state index contributed by atoms with van der Waals surface area (Å²) in [5.74, 6) is 0. The van der Waals surface area contributed by atoms with Gasteiger partial charge in [0, 0.05) is 0 Å². The van der Waals surface area contributed by atoms with Crippen molar-refractivity contribution in [1.29, 1.82) is 0 Å². The molecule has 0 aliphatic heterocycles. The Bertz CT molecular complexity index is 1830. The van der Waals surface area contributed by atoms with Crippen molar-refractivity contribution in [3.8, 4) is 0 Å². The summed E-state index contributed by atoms with van der Waals surface area (Å²) in [5, 5.41) is 4.19. The number of rotatable bonds is 13. The minimum Gasteiger partial charge on any atom is -1.00 e. The summed E-state index contributed by atoms with van der Waals surface area (Å²) in [6.45, 7) is 9.58. The van der Waals surface area contributed by atoms with Gasteiger partial charge < -0.3 is 37.2 Å². The van der Waals surface area contributed by atoms with Gasteiger partial charge in [0.15, 0.2) is 0 Å². The average Bonchev–Trinajstić information content (AvgIpc) is 3.25. The first-order chi connectivity index (χ1) is 25.8. The molecular weight excluding hydrogens is 849 g/mol. The van der Waals surface area contributed by atoms with E-state index in [9.17, 15) is 0 Å². The molecular formula is C45H72Cl3N9SiTi. The van der Waals surface area contributed by atoms with Gasteiger partial charge in [0.05, 0.1) is 0 Å². The van der Waals surface area contributed by atoms with Crippen molar-refractivity contribution >= 4 is 74.8 Å². The molecule has 0 N–H and O–H groups in total. The summed E-state index contributed by atoms with van der Waals surface area (Å²) in [6.07, 6.45) is 0. The Hall–Kier alpha value is -2.86. The van der Waals surface area contributed by atoms with Crippen molar-refractivity contribution in [2.45, 2.75) is 31.0 Å². The molecule has 0 amide bonds. The molecule has 14 heteroatoms. The smallest absolute Gasteiger partial charge is 1.00 e. The van der Waals surface area contributed by atoms with Gasteiger partial charge in [-0.1, -0.05) is 0 Å². The van der Waals surface area contributed by atoms with E-state index in [0.717, 1.165) is 0 Å². The van der Waals surface area contributed by atoms with E-state index in [-0.39, 0.29) is 37.2 Å². The first kappa shape index (κ1) is 54.2. The van der Waals surface area contributed by atoms with Crippen molar-refractivity contribution in [3.05, 3.63) is 58.7 Å². The van der Waals surface area contributed by atoms with Crippen LogP contribution in [0.15, 0.2) is 58.7 Å². The maximum absolute atomic E-state index is 3.51. The van der Waals surface area contributed by atoms with Gasteiger partial charge in [0.1, 0.15) is 0 Å².